The van der Waals surface area contributed by atoms with Gasteiger partial charge in [-0.15, -0.1) is 0 Å². The number of hydrogen-bond acceptors (Lipinski definition) is 2. The van der Waals surface area contributed by atoms with Gasteiger partial charge >= 0.3 is 5.97 Å². The van der Waals surface area contributed by atoms with Crippen molar-refractivity contribution in [2.24, 2.45) is 0 Å². The summed E-state index contributed by atoms with van der Waals surface area (Å²) in [6.07, 6.45) is 8.32. The Kier molecular flexibility index (Phi) is 6.01. The summed E-state index contributed by atoms with van der Waals surface area (Å²) in [5.74, 6) is -0.320. The maximum Gasteiger partial charge on any atom is 0.337 e. The Bertz CT molecular complexity index is 945. The standard InChI is InChI=1S/C25H22O2/c1-19-3-5-20(6-4-19)7-8-21-9-11-22(12-10-21)13-14-23-15-17-24(18-16-23)25(26)27-2/h3-18H,1-2H3/b8-7+,14-13+. The van der Waals surface area contributed by atoms with E-state index in [9.17, 15) is 4.79 Å². The Morgan fingerprint density at radius 3 is 1.33 bits per heavy atom. The Hall–Kier alpha value is -3.39. The zero-order valence-electron chi connectivity index (χ0n) is 15.6. The molecule has 3 rings (SSSR count). The van der Waals surface area contributed by atoms with Crippen molar-refractivity contribution in [2.75, 3.05) is 7.11 Å². The average molecular weight is 354 g/mol. The quantitative estimate of drug-likeness (QED) is 0.407. The first-order valence-corrected chi connectivity index (χ1v) is 8.85. The van der Waals surface area contributed by atoms with Gasteiger partial charge in [-0.3, -0.25) is 0 Å². The molecule has 0 amide bonds. The van der Waals surface area contributed by atoms with Crippen molar-refractivity contribution >= 4 is 30.3 Å². The summed E-state index contributed by atoms with van der Waals surface area (Å²) in [7, 11) is 1.38. The maximum absolute atomic E-state index is 11.4. The smallest absolute Gasteiger partial charge is 0.337 e. The number of benzene rings is 3. The second-order valence-corrected chi connectivity index (χ2v) is 6.36. The van der Waals surface area contributed by atoms with Crippen LogP contribution in [-0.4, -0.2) is 13.1 Å². The van der Waals surface area contributed by atoms with Crippen molar-refractivity contribution in [1.82, 2.24) is 0 Å². The van der Waals surface area contributed by atoms with Crippen molar-refractivity contribution < 1.29 is 9.53 Å². The van der Waals surface area contributed by atoms with Crippen LogP contribution in [0.5, 0.6) is 0 Å². The van der Waals surface area contributed by atoms with Gasteiger partial charge in [-0.05, 0) is 41.3 Å². The minimum atomic E-state index is -0.320. The lowest BCUT2D eigenvalue weighted by Gasteiger charge is -2.00. The molecule has 0 bridgehead atoms. The molecule has 0 atom stereocenters. The predicted octanol–water partition coefficient (Wildman–Crippen LogP) is 6.12. The first-order valence-electron chi connectivity index (χ1n) is 8.85. The lowest BCUT2D eigenvalue weighted by molar-refractivity contribution is 0.0600. The van der Waals surface area contributed by atoms with Crippen LogP contribution in [0.2, 0.25) is 0 Å². The molecule has 0 aromatic heterocycles. The van der Waals surface area contributed by atoms with E-state index in [1.165, 1.54) is 18.2 Å². The molecule has 0 saturated carbocycles. The summed E-state index contributed by atoms with van der Waals surface area (Å²) < 4.78 is 4.71. The highest BCUT2D eigenvalue weighted by molar-refractivity contribution is 5.89. The van der Waals surface area contributed by atoms with Gasteiger partial charge < -0.3 is 4.74 Å². The van der Waals surface area contributed by atoms with Gasteiger partial charge in [0.2, 0.25) is 0 Å². The minimum absolute atomic E-state index is 0.320. The van der Waals surface area contributed by atoms with Crippen molar-refractivity contribution in [3.05, 3.63) is 106 Å². The molecule has 2 nitrogen and oxygen atoms in total. The monoisotopic (exact) mass is 354 g/mol. The van der Waals surface area contributed by atoms with E-state index in [0.29, 0.717) is 5.56 Å². The number of rotatable bonds is 5. The summed E-state index contributed by atoms with van der Waals surface area (Å²) >= 11 is 0. The fourth-order valence-electron chi connectivity index (χ4n) is 2.63. The fraction of sp³-hybridized carbons (Fsp3) is 0.0800. The number of esters is 1. The summed E-state index contributed by atoms with van der Waals surface area (Å²) in [5, 5.41) is 0. The van der Waals surface area contributed by atoms with Crippen molar-refractivity contribution in [2.45, 2.75) is 6.92 Å². The Morgan fingerprint density at radius 2 is 0.963 bits per heavy atom. The van der Waals surface area contributed by atoms with Gasteiger partial charge in [0.15, 0.2) is 0 Å². The summed E-state index contributed by atoms with van der Waals surface area (Å²) in [6.45, 7) is 2.09. The molecule has 0 saturated heterocycles. The van der Waals surface area contributed by atoms with Crippen LogP contribution in [-0.2, 0) is 4.74 Å². The van der Waals surface area contributed by atoms with Crippen LogP contribution in [0, 0.1) is 6.92 Å². The maximum atomic E-state index is 11.4. The number of aryl methyl sites for hydroxylation is 1. The predicted molar refractivity (Wildman–Crippen MR) is 113 cm³/mol. The second-order valence-electron chi connectivity index (χ2n) is 6.36. The topological polar surface area (TPSA) is 26.3 Å². The van der Waals surface area contributed by atoms with Crippen LogP contribution >= 0.6 is 0 Å². The van der Waals surface area contributed by atoms with Crippen molar-refractivity contribution in [3.8, 4) is 0 Å². The zero-order valence-corrected chi connectivity index (χ0v) is 15.6. The molecule has 3 aromatic rings. The highest BCUT2D eigenvalue weighted by atomic mass is 16.5. The number of carbonyl (C=O) groups is 1. The van der Waals surface area contributed by atoms with Gasteiger partial charge in [0.05, 0.1) is 12.7 Å². The number of carbonyl (C=O) groups excluding carboxylic acids is 1. The summed E-state index contributed by atoms with van der Waals surface area (Å²) in [4.78, 5) is 11.4. The van der Waals surface area contributed by atoms with E-state index in [1.54, 1.807) is 12.1 Å². The van der Waals surface area contributed by atoms with Crippen LogP contribution in [0.4, 0.5) is 0 Å². The highest BCUT2D eigenvalue weighted by Crippen LogP contribution is 2.14. The average Bonchev–Trinajstić information content (AvgIpc) is 2.72. The number of hydrogen-bond donors (Lipinski definition) is 0. The van der Waals surface area contributed by atoms with Crippen molar-refractivity contribution in [1.29, 1.82) is 0 Å². The number of methoxy groups -OCH3 is 1. The second kappa shape index (κ2) is 8.81. The molecule has 0 spiro atoms. The lowest BCUT2D eigenvalue weighted by atomic mass is 10.1. The highest BCUT2D eigenvalue weighted by Gasteiger charge is 2.02. The first-order chi connectivity index (χ1) is 13.1. The van der Waals surface area contributed by atoms with Crippen LogP contribution in [0.15, 0.2) is 72.8 Å². The van der Waals surface area contributed by atoms with Crippen LogP contribution < -0.4 is 0 Å². The molecule has 134 valence electrons. The van der Waals surface area contributed by atoms with E-state index in [1.807, 2.05) is 18.2 Å². The Balaban J connectivity index is 1.64. The van der Waals surface area contributed by atoms with Gasteiger partial charge in [-0.25, -0.2) is 4.79 Å². The van der Waals surface area contributed by atoms with E-state index < -0.39 is 0 Å². The minimum Gasteiger partial charge on any atom is -0.465 e. The van der Waals surface area contributed by atoms with E-state index in [4.69, 9.17) is 4.74 Å². The van der Waals surface area contributed by atoms with Crippen LogP contribution in [0.25, 0.3) is 24.3 Å². The van der Waals surface area contributed by atoms with Gasteiger partial charge in [0, 0.05) is 0 Å². The molecular weight excluding hydrogens is 332 g/mol. The largest absolute Gasteiger partial charge is 0.465 e. The number of ether oxygens (including phenoxy) is 1. The zero-order chi connectivity index (χ0) is 19.1. The summed E-state index contributed by atoms with van der Waals surface area (Å²) in [5.41, 5.74) is 6.34. The van der Waals surface area contributed by atoms with E-state index >= 15 is 0 Å². The normalized spacial score (nSPS) is 11.2. The molecule has 27 heavy (non-hydrogen) atoms. The van der Waals surface area contributed by atoms with E-state index in [2.05, 4.69) is 73.7 Å². The van der Waals surface area contributed by atoms with E-state index in [0.717, 1.165) is 16.7 Å². The molecule has 0 heterocycles. The molecule has 3 aromatic carbocycles. The third-order valence-corrected chi connectivity index (χ3v) is 4.28. The van der Waals surface area contributed by atoms with Gasteiger partial charge in [-0.2, -0.15) is 0 Å². The van der Waals surface area contributed by atoms with E-state index in [-0.39, 0.29) is 5.97 Å². The molecule has 0 radical (unpaired) electrons. The molecule has 0 aliphatic rings. The Labute approximate surface area is 160 Å². The lowest BCUT2D eigenvalue weighted by Crippen LogP contribution is -2.00. The fourth-order valence-corrected chi connectivity index (χ4v) is 2.63. The molecule has 0 N–H and O–H groups in total. The molecular formula is C25H22O2. The van der Waals surface area contributed by atoms with Crippen molar-refractivity contribution in [3.63, 3.8) is 0 Å². The summed E-state index contributed by atoms with van der Waals surface area (Å²) in [6, 6.07) is 24.2. The van der Waals surface area contributed by atoms with Gasteiger partial charge in [0.1, 0.15) is 0 Å². The molecule has 0 unspecified atom stereocenters. The molecule has 2 heteroatoms. The van der Waals surface area contributed by atoms with Gasteiger partial charge in [0.25, 0.3) is 0 Å². The molecule has 0 fully saturated rings. The Morgan fingerprint density at radius 1 is 0.630 bits per heavy atom. The third kappa shape index (κ3) is 5.29. The first kappa shape index (κ1) is 18.4. The van der Waals surface area contributed by atoms with Crippen LogP contribution in [0.1, 0.15) is 38.2 Å². The third-order valence-electron chi connectivity index (χ3n) is 4.28. The van der Waals surface area contributed by atoms with Crippen LogP contribution in [0.3, 0.4) is 0 Å². The van der Waals surface area contributed by atoms with Gasteiger partial charge in [-0.1, -0.05) is 90.5 Å². The SMILES string of the molecule is COC(=O)c1ccc(/C=C/c2ccc(/C=C/c3ccc(C)cc3)cc2)cc1. The molecule has 0 aliphatic carbocycles. The molecule has 0 aliphatic heterocycles.